The second kappa shape index (κ2) is 3.21. The third-order valence-corrected chi connectivity index (χ3v) is 2.47. The molecule has 0 amide bonds. The van der Waals surface area contributed by atoms with Gasteiger partial charge in [0.05, 0.1) is 0 Å². The maximum absolute atomic E-state index is 4.38. The average molecular weight is 174 g/mol. The van der Waals surface area contributed by atoms with E-state index in [0.717, 1.165) is 18.7 Å². The zero-order valence-electron chi connectivity index (χ0n) is 8.12. The van der Waals surface area contributed by atoms with Crippen LogP contribution in [0.25, 0.3) is 5.57 Å². The molecule has 13 heavy (non-hydrogen) atoms. The van der Waals surface area contributed by atoms with Gasteiger partial charge in [0.2, 0.25) is 0 Å². The molecule has 0 saturated heterocycles. The molecule has 0 aromatic carbocycles. The standard InChI is InChI=1S/C11H14N2/c1-9-8-12-11(13(9)2)10-6-4-3-5-7-10/h4,6-8H,3,5H2,1-2H3. The van der Waals surface area contributed by atoms with Gasteiger partial charge in [-0.25, -0.2) is 4.98 Å². The van der Waals surface area contributed by atoms with Gasteiger partial charge in [0.1, 0.15) is 5.82 Å². The molecular weight excluding hydrogens is 160 g/mol. The number of allylic oxidation sites excluding steroid dienone is 4. The summed E-state index contributed by atoms with van der Waals surface area (Å²) >= 11 is 0. The van der Waals surface area contributed by atoms with E-state index in [0.29, 0.717) is 0 Å². The van der Waals surface area contributed by atoms with Crippen molar-refractivity contribution in [3.63, 3.8) is 0 Å². The highest BCUT2D eigenvalue weighted by atomic mass is 15.1. The maximum atomic E-state index is 4.38. The first-order chi connectivity index (χ1) is 6.29. The largest absolute Gasteiger partial charge is 0.331 e. The molecule has 2 nitrogen and oxygen atoms in total. The summed E-state index contributed by atoms with van der Waals surface area (Å²) in [6.45, 7) is 2.07. The lowest BCUT2D eigenvalue weighted by molar-refractivity contribution is 0.853. The van der Waals surface area contributed by atoms with E-state index in [-0.39, 0.29) is 0 Å². The summed E-state index contributed by atoms with van der Waals surface area (Å²) in [5.41, 5.74) is 2.46. The van der Waals surface area contributed by atoms with Crippen molar-refractivity contribution in [1.82, 2.24) is 9.55 Å². The van der Waals surface area contributed by atoms with Gasteiger partial charge in [-0.15, -0.1) is 0 Å². The van der Waals surface area contributed by atoms with Gasteiger partial charge in [-0.05, 0) is 19.8 Å². The Labute approximate surface area is 78.6 Å². The van der Waals surface area contributed by atoms with Crippen LogP contribution in [0, 0.1) is 6.92 Å². The van der Waals surface area contributed by atoms with Crippen molar-refractivity contribution in [1.29, 1.82) is 0 Å². The Morgan fingerprint density at radius 2 is 2.23 bits per heavy atom. The lowest BCUT2D eigenvalue weighted by Gasteiger charge is -2.07. The van der Waals surface area contributed by atoms with Crippen LogP contribution in [0.2, 0.25) is 0 Å². The summed E-state index contributed by atoms with van der Waals surface area (Å²) in [5.74, 6) is 1.08. The van der Waals surface area contributed by atoms with E-state index < -0.39 is 0 Å². The minimum Gasteiger partial charge on any atom is -0.331 e. The average Bonchev–Trinajstić information content (AvgIpc) is 2.49. The Kier molecular flexibility index (Phi) is 2.05. The van der Waals surface area contributed by atoms with Gasteiger partial charge in [-0.2, -0.15) is 0 Å². The summed E-state index contributed by atoms with van der Waals surface area (Å²) in [6, 6.07) is 0. The Hall–Kier alpha value is -1.31. The van der Waals surface area contributed by atoms with Crippen LogP contribution in [-0.2, 0) is 7.05 Å². The van der Waals surface area contributed by atoms with Crippen molar-refractivity contribution < 1.29 is 0 Å². The van der Waals surface area contributed by atoms with Crippen molar-refractivity contribution in [2.24, 2.45) is 7.05 Å². The van der Waals surface area contributed by atoms with Crippen molar-refractivity contribution in [2.75, 3.05) is 0 Å². The van der Waals surface area contributed by atoms with E-state index in [9.17, 15) is 0 Å². The monoisotopic (exact) mass is 174 g/mol. The van der Waals surface area contributed by atoms with Crippen molar-refractivity contribution in [3.05, 3.63) is 35.9 Å². The minimum atomic E-state index is 1.08. The first-order valence-electron chi connectivity index (χ1n) is 4.64. The summed E-state index contributed by atoms with van der Waals surface area (Å²) in [5, 5.41) is 0. The number of hydrogen-bond donors (Lipinski definition) is 0. The summed E-state index contributed by atoms with van der Waals surface area (Å²) in [6.07, 6.45) is 10.8. The van der Waals surface area contributed by atoms with Crippen LogP contribution in [-0.4, -0.2) is 9.55 Å². The third kappa shape index (κ3) is 1.44. The molecule has 2 heteroatoms. The SMILES string of the molecule is Cc1cnc(C2=CCCC=C2)n1C. The van der Waals surface area contributed by atoms with Crippen molar-refractivity contribution >= 4 is 5.57 Å². The Morgan fingerprint density at radius 1 is 1.38 bits per heavy atom. The molecule has 0 unspecified atom stereocenters. The number of imidazole rings is 1. The highest BCUT2D eigenvalue weighted by molar-refractivity contribution is 5.70. The lowest BCUT2D eigenvalue weighted by atomic mass is 10.1. The predicted octanol–water partition coefficient (Wildman–Crippen LogP) is 2.46. The molecule has 2 rings (SSSR count). The number of rotatable bonds is 1. The van der Waals surface area contributed by atoms with Gasteiger partial charge in [-0.3, -0.25) is 0 Å². The fourth-order valence-electron chi connectivity index (χ4n) is 1.54. The fourth-order valence-corrected chi connectivity index (χ4v) is 1.54. The van der Waals surface area contributed by atoms with E-state index in [1.165, 1.54) is 11.3 Å². The van der Waals surface area contributed by atoms with Crippen LogP contribution in [0.1, 0.15) is 24.4 Å². The quantitative estimate of drug-likeness (QED) is 0.639. The minimum absolute atomic E-state index is 1.08. The number of nitrogens with zero attached hydrogens (tertiary/aromatic N) is 2. The van der Waals surface area contributed by atoms with E-state index in [2.05, 4.69) is 41.8 Å². The molecule has 0 fully saturated rings. The second-order valence-corrected chi connectivity index (χ2v) is 3.42. The molecule has 68 valence electrons. The van der Waals surface area contributed by atoms with Crippen LogP contribution in [0.15, 0.2) is 24.4 Å². The van der Waals surface area contributed by atoms with E-state index in [1.54, 1.807) is 0 Å². The third-order valence-electron chi connectivity index (χ3n) is 2.47. The zero-order valence-corrected chi connectivity index (χ0v) is 8.12. The smallest absolute Gasteiger partial charge is 0.139 e. The van der Waals surface area contributed by atoms with Crippen molar-refractivity contribution in [2.45, 2.75) is 19.8 Å². The van der Waals surface area contributed by atoms with E-state index in [4.69, 9.17) is 0 Å². The summed E-state index contributed by atoms with van der Waals surface area (Å²) in [7, 11) is 2.06. The second-order valence-electron chi connectivity index (χ2n) is 3.42. The molecule has 0 radical (unpaired) electrons. The summed E-state index contributed by atoms with van der Waals surface area (Å²) in [4.78, 5) is 4.38. The number of aromatic nitrogens is 2. The van der Waals surface area contributed by atoms with Gasteiger partial charge in [-0.1, -0.05) is 18.2 Å². The van der Waals surface area contributed by atoms with E-state index >= 15 is 0 Å². The van der Waals surface area contributed by atoms with E-state index in [1.807, 2.05) is 6.20 Å². The van der Waals surface area contributed by atoms with Crippen LogP contribution in [0.3, 0.4) is 0 Å². The molecule has 1 aromatic rings. The maximum Gasteiger partial charge on any atom is 0.139 e. The molecular formula is C11H14N2. The van der Waals surface area contributed by atoms with Crippen molar-refractivity contribution in [3.8, 4) is 0 Å². The molecule has 1 aliphatic carbocycles. The lowest BCUT2D eigenvalue weighted by Crippen LogP contribution is -1.98. The molecule has 1 heterocycles. The van der Waals surface area contributed by atoms with Gasteiger partial charge in [0, 0.05) is 24.5 Å². The van der Waals surface area contributed by atoms with Crippen LogP contribution in [0.5, 0.6) is 0 Å². The number of aryl methyl sites for hydroxylation is 1. The van der Waals surface area contributed by atoms with Gasteiger partial charge in [0.25, 0.3) is 0 Å². The molecule has 0 aliphatic heterocycles. The molecule has 0 atom stereocenters. The fraction of sp³-hybridized carbons (Fsp3) is 0.364. The molecule has 0 saturated carbocycles. The van der Waals surface area contributed by atoms with Gasteiger partial charge < -0.3 is 4.57 Å². The first kappa shape index (κ1) is 8.30. The van der Waals surface area contributed by atoms with Gasteiger partial charge in [0.15, 0.2) is 0 Å². The highest BCUT2D eigenvalue weighted by Crippen LogP contribution is 2.20. The Balaban J connectivity index is 2.40. The Bertz CT molecular complexity index is 369. The molecule has 0 spiro atoms. The van der Waals surface area contributed by atoms with Crippen LogP contribution >= 0.6 is 0 Å². The highest BCUT2D eigenvalue weighted by Gasteiger charge is 2.07. The number of hydrogen-bond acceptors (Lipinski definition) is 1. The normalized spacial score (nSPS) is 16.0. The topological polar surface area (TPSA) is 17.8 Å². The van der Waals surface area contributed by atoms with Crippen LogP contribution < -0.4 is 0 Å². The predicted molar refractivity (Wildman–Crippen MR) is 54.3 cm³/mol. The molecule has 1 aromatic heterocycles. The zero-order chi connectivity index (χ0) is 9.26. The first-order valence-corrected chi connectivity index (χ1v) is 4.64. The Morgan fingerprint density at radius 3 is 2.77 bits per heavy atom. The summed E-state index contributed by atoms with van der Waals surface area (Å²) < 4.78 is 2.13. The van der Waals surface area contributed by atoms with Crippen LogP contribution in [0.4, 0.5) is 0 Å². The molecule has 0 bridgehead atoms. The molecule has 0 N–H and O–H groups in total. The molecule has 1 aliphatic rings. The van der Waals surface area contributed by atoms with Gasteiger partial charge >= 0.3 is 0 Å².